The molecule has 1 heterocycles. The minimum Gasteiger partial charge on any atom is -0.466 e. The van der Waals surface area contributed by atoms with Crippen LogP contribution in [0.1, 0.15) is 40.5 Å². The van der Waals surface area contributed by atoms with Crippen molar-refractivity contribution in [3.8, 4) is 0 Å². The second-order valence-electron chi connectivity index (χ2n) is 9.19. The molecule has 6 heteroatoms. The van der Waals surface area contributed by atoms with E-state index >= 15 is 0 Å². The lowest BCUT2D eigenvalue weighted by Crippen LogP contribution is -2.45. The van der Waals surface area contributed by atoms with Crippen LogP contribution in [0.15, 0.2) is 0 Å². The summed E-state index contributed by atoms with van der Waals surface area (Å²) in [6.07, 6.45) is 0.990. The molecule has 0 N–H and O–H groups in total. The molecule has 0 unspecified atom stereocenters. The maximum absolute atomic E-state index is 12.2. The van der Waals surface area contributed by atoms with E-state index in [1.165, 1.54) is 0 Å². The van der Waals surface area contributed by atoms with Gasteiger partial charge in [0.1, 0.15) is 5.60 Å². The van der Waals surface area contributed by atoms with Crippen LogP contribution in [-0.4, -0.2) is 50.3 Å². The Morgan fingerprint density at radius 1 is 1.21 bits per heavy atom. The fraction of sp³-hybridized carbons (Fsp3) is 0.889. The third-order valence-electron chi connectivity index (χ3n) is 4.31. The summed E-state index contributed by atoms with van der Waals surface area (Å²) in [5.74, 6) is 0.412. The number of carbonyl (C=O) groups is 2. The van der Waals surface area contributed by atoms with Crippen LogP contribution >= 0.6 is 0 Å². The summed E-state index contributed by atoms with van der Waals surface area (Å²) >= 11 is 0. The van der Waals surface area contributed by atoms with Crippen molar-refractivity contribution in [1.82, 2.24) is 4.90 Å². The standard InChI is InChI=1S/C18H35NO4Si/c1-14-8-9-19(17(21)23-18(2,3)4)13-15(14)12-16(20)22-10-11-24(5,6)7/h14-15H,8-13H2,1-7H3/t14-,15+/m1/s1. The lowest BCUT2D eigenvalue weighted by Gasteiger charge is -2.37. The first kappa shape index (κ1) is 21.0. The van der Waals surface area contributed by atoms with Crippen LogP contribution < -0.4 is 0 Å². The molecule has 1 amide bonds. The Hall–Kier alpha value is -1.04. The average molecular weight is 358 g/mol. The van der Waals surface area contributed by atoms with Crippen molar-refractivity contribution in [2.45, 2.75) is 71.8 Å². The molecule has 0 bridgehead atoms. The zero-order valence-corrected chi connectivity index (χ0v) is 17.5. The van der Waals surface area contributed by atoms with Crippen molar-refractivity contribution < 1.29 is 19.1 Å². The van der Waals surface area contributed by atoms with Gasteiger partial charge in [0.05, 0.1) is 13.0 Å². The number of carbonyl (C=O) groups excluding carboxylic acids is 2. The number of rotatable bonds is 5. The molecule has 0 aromatic heterocycles. The van der Waals surface area contributed by atoms with Gasteiger partial charge < -0.3 is 14.4 Å². The van der Waals surface area contributed by atoms with Crippen molar-refractivity contribution in [2.75, 3.05) is 19.7 Å². The van der Waals surface area contributed by atoms with Crippen molar-refractivity contribution in [2.24, 2.45) is 11.8 Å². The molecule has 0 spiro atoms. The minimum atomic E-state index is -1.19. The number of hydrogen-bond donors (Lipinski definition) is 0. The number of amides is 1. The Morgan fingerprint density at radius 3 is 2.38 bits per heavy atom. The quantitative estimate of drug-likeness (QED) is 0.548. The van der Waals surface area contributed by atoms with Gasteiger partial charge in [0, 0.05) is 21.2 Å². The lowest BCUT2D eigenvalue weighted by atomic mass is 9.85. The lowest BCUT2D eigenvalue weighted by molar-refractivity contribution is -0.145. The molecule has 5 nitrogen and oxygen atoms in total. The summed E-state index contributed by atoms with van der Waals surface area (Å²) in [7, 11) is -1.19. The van der Waals surface area contributed by atoms with Gasteiger partial charge in [-0.1, -0.05) is 26.6 Å². The molecule has 1 saturated heterocycles. The van der Waals surface area contributed by atoms with Crippen LogP contribution in [0.5, 0.6) is 0 Å². The molecule has 1 rings (SSSR count). The van der Waals surface area contributed by atoms with E-state index in [2.05, 4.69) is 26.6 Å². The summed E-state index contributed by atoms with van der Waals surface area (Å²) in [5.41, 5.74) is -0.495. The first-order valence-electron chi connectivity index (χ1n) is 9.01. The van der Waals surface area contributed by atoms with E-state index in [-0.39, 0.29) is 18.0 Å². The van der Waals surface area contributed by atoms with Gasteiger partial charge in [0.25, 0.3) is 0 Å². The Bertz CT molecular complexity index is 439. The van der Waals surface area contributed by atoms with Gasteiger partial charge in [-0.25, -0.2) is 4.79 Å². The first-order valence-corrected chi connectivity index (χ1v) is 12.7. The Balaban J connectivity index is 2.48. The van der Waals surface area contributed by atoms with Crippen molar-refractivity contribution in [1.29, 1.82) is 0 Å². The highest BCUT2D eigenvalue weighted by Gasteiger charge is 2.33. The molecule has 0 aliphatic carbocycles. The zero-order valence-electron chi connectivity index (χ0n) is 16.5. The van der Waals surface area contributed by atoms with Gasteiger partial charge >= 0.3 is 12.1 Å². The van der Waals surface area contributed by atoms with Gasteiger partial charge in [0.2, 0.25) is 0 Å². The van der Waals surface area contributed by atoms with E-state index in [9.17, 15) is 9.59 Å². The molecule has 1 aliphatic heterocycles. The van der Waals surface area contributed by atoms with Crippen molar-refractivity contribution >= 4 is 20.1 Å². The smallest absolute Gasteiger partial charge is 0.410 e. The summed E-state index contributed by atoms with van der Waals surface area (Å²) in [4.78, 5) is 26.1. The van der Waals surface area contributed by atoms with Crippen LogP contribution in [-0.2, 0) is 14.3 Å². The molecular formula is C18H35NO4Si. The van der Waals surface area contributed by atoms with Crippen LogP contribution in [0.4, 0.5) is 4.79 Å². The second kappa shape index (κ2) is 8.36. The van der Waals surface area contributed by atoms with Gasteiger partial charge in [-0.3, -0.25) is 4.79 Å². The largest absolute Gasteiger partial charge is 0.466 e. The fourth-order valence-electron chi connectivity index (χ4n) is 2.65. The highest BCUT2D eigenvalue weighted by molar-refractivity contribution is 6.76. The number of hydrogen-bond acceptors (Lipinski definition) is 4. The van der Waals surface area contributed by atoms with E-state index in [1.54, 1.807) is 4.90 Å². The van der Waals surface area contributed by atoms with Gasteiger partial charge in [-0.2, -0.15) is 0 Å². The molecule has 0 aromatic rings. The van der Waals surface area contributed by atoms with Crippen molar-refractivity contribution in [3.63, 3.8) is 0 Å². The first-order chi connectivity index (χ1) is 10.9. The summed E-state index contributed by atoms with van der Waals surface area (Å²) in [6, 6.07) is 0.989. The van der Waals surface area contributed by atoms with Crippen LogP contribution in [0.25, 0.3) is 0 Å². The Kier molecular flexibility index (Phi) is 7.32. The van der Waals surface area contributed by atoms with Gasteiger partial charge in [-0.05, 0) is 45.1 Å². The molecule has 0 saturated carbocycles. The third kappa shape index (κ3) is 8.17. The molecule has 2 atom stereocenters. The monoisotopic (exact) mass is 357 g/mol. The third-order valence-corrected chi connectivity index (χ3v) is 6.01. The topological polar surface area (TPSA) is 55.8 Å². The average Bonchev–Trinajstić information content (AvgIpc) is 2.37. The van der Waals surface area contributed by atoms with Crippen molar-refractivity contribution in [3.05, 3.63) is 0 Å². The van der Waals surface area contributed by atoms with Gasteiger partial charge in [0.15, 0.2) is 0 Å². The number of ether oxygens (including phenoxy) is 2. The summed E-state index contributed by atoms with van der Waals surface area (Å²) in [5, 5.41) is 0. The van der Waals surface area contributed by atoms with E-state index in [0.717, 1.165) is 12.5 Å². The Labute approximate surface area is 148 Å². The number of esters is 1. The van der Waals surface area contributed by atoms with E-state index in [0.29, 0.717) is 32.0 Å². The molecule has 1 aliphatic rings. The molecule has 0 aromatic carbocycles. The SMILES string of the molecule is C[C@@H]1CCN(C(=O)OC(C)(C)C)C[C@@H]1CC(=O)OCC[Si](C)(C)C. The predicted molar refractivity (Wildman–Crippen MR) is 98.8 cm³/mol. The van der Waals surface area contributed by atoms with Crippen LogP contribution in [0.3, 0.4) is 0 Å². The molecular weight excluding hydrogens is 322 g/mol. The van der Waals surface area contributed by atoms with E-state index < -0.39 is 13.7 Å². The van der Waals surface area contributed by atoms with Crippen LogP contribution in [0.2, 0.25) is 25.7 Å². The molecule has 0 radical (unpaired) electrons. The Morgan fingerprint density at radius 2 is 1.83 bits per heavy atom. The molecule has 24 heavy (non-hydrogen) atoms. The maximum Gasteiger partial charge on any atom is 0.410 e. The fourth-order valence-corrected chi connectivity index (χ4v) is 3.37. The second-order valence-corrected chi connectivity index (χ2v) is 14.8. The van der Waals surface area contributed by atoms with E-state index in [4.69, 9.17) is 9.47 Å². The summed E-state index contributed by atoms with van der Waals surface area (Å²) in [6.45, 7) is 16.3. The van der Waals surface area contributed by atoms with Gasteiger partial charge in [-0.15, -0.1) is 0 Å². The number of piperidine rings is 1. The highest BCUT2D eigenvalue weighted by atomic mass is 28.3. The minimum absolute atomic E-state index is 0.142. The predicted octanol–water partition coefficient (Wildman–Crippen LogP) is 4.15. The van der Waals surface area contributed by atoms with E-state index in [1.807, 2.05) is 20.8 Å². The molecule has 1 fully saturated rings. The maximum atomic E-state index is 12.2. The normalized spacial score (nSPS) is 22.2. The van der Waals surface area contributed by atoms with Crippen LogP contribution in [0, 0.1) is 11.8 Å². The molecule has 140 valence electrons. The number of nitrogens with zero attached hydrogens (tertiary/aromatic N) is 1. The zero-order chi connectivity index (χ0) is 18.5. The number of likely N-dealkylation sites (tertiary alicyclic amines) is 1. The summed E-state index contributed by atoms with van der Waals surface area (Å²) < 4.78 is 10.9. The highest BCUT2D eigenvalue weighted by Crippen LogP contribution is 2.27.